The van der Waals surface area contributed by atoms with Gasteiger partial charge in [0.2, 0.25) is 5.91 Å². The minimum Gasteiger partial charge on any atom is -0.397 e. The molecule has 0 aliphatic rings. The molecule has 0 fully saturated rings. The SMILES string of the molecule is Nc1cnccc1SCCC(=O)Nc1cccc(F)c1. The van der Waals surface area contributed by atoms with E-state index in [0.717, 1.165) is 4.90 Å². The van der Waals surface area contributed by atoms with Crippen LogP contribution in [0.3, 0.4) is 0 Å². The van der Waals surface area contributed by atoms with Gasteiger partial charge in [0.05, 0.1) is 11.9 Å². The van der Waals surface area contributed by atoms with Crippen LogP contribution >= 0.6 is 11.8 Å². The van der Waals surface area contributed by atoms with Gasteiger partial charge in [0.25, 0.3) is 0 Å². The molecule has 4 nitrogen and oxygen atoms in total. The first-order valence-corrected chi connectivity index (χ1v) is 7.01. The van der Waals surface area contributed by atoms with Crippen LogP contribution in [-0.4, -0.2) is 16.6 Å². The number of nitrogens with two attached hydrogens (primary N) is 1. The Balaban J connectivity index is 1.80. The first-order chi connectivity index (χ1) is 9.65. The number of hydrogen-bond acceptors (Lipinski definition) is 4. The van der Waals surface area contributed by atoms with E-state index >= 15 is 0 Å². The van der Waals surface area contributed by atoms with E-state index in [-0.39, 0.29) is 11.7 Å². The van der Waals surface area contributed by atoms with Gasteiger partial charge in [-0.25, -0.2) is 4.39 Å². The maximum Gasteiger partial charge on any atom is 0.225 e. The minimum absolute atomic E-state index is 0.157. The molecule has 104 valence electrons. The Bertz CT molecular complexity index is 606. The van der Waals surface area contributed by atoms with E-state index in [4.69, 9.17) is 5.73 Å². The van der Waals surface area contributed by atoms with Crippen LogP contribution in [-0.2, 0) is 4.79 Å². The fourth-order valence-electron chi connectivity index (χ4n) is 1.57. The van der Waals surface area contributed by atoms with Crippen molar-refractivity contribution in [3.05, 3.63) is 48.5 Å². The maximum atomic E-state index is 13.0. The molecule has 0 bridgehead atoms. The summed E-state index contributed by atoms with van der Waals surface area (Å²) < 4.78 is 13.0. The van der Waals surface area contributed by atoms with E-state index in [1.807, 2.05) is 6.07 Å². The number of pyridine rings is 1. The van der Waals surface area contributed by atoms with Crippen molar-refractivity contribution < 1.29 is 9.18 Å². The zero-order chi connectivity index (χ0) is 14.4. The number of carbonyl (C=O) groups excluding carboxylic acids is 1. The summed E-state index contributed by atoms with van der Waals surface area (Å²) in [5.41, 5.74) is 6.81. The Hall–Kier alpha value is -2.08. The highest BCUT2D eigenvalue weighted by Gasteiger charge is 2.05. The van der Waals surface area contributed by atoms with Crippen molar-refractivity contribution in [1.82, 2.24) is 4.98 Å². The monoisotopic (exact) mass is 291 g/mol. The molecule has 0 aliphatic carbocycles. The standard InChI is InChI=1S/C14H14FN3OS/c15-10-2-1-3-11(8-10)18-14(19)5-7-20-13-4-6-17-9-12(13)16/h1-4,6,8-9H,5,7,16H2,(H,18,19). The van der Waals surface area contributed by atoms with Gasteiger partial charge in [-0.3, -0.25) is 9.78 Å². The van der Waals surface area contributed by atoms with Gasteiger partial charge in [-0.2, -0.15) is 0 Å². The summed E-state index contributed by atoms with van der Waals surface area (Å²) >= 11 is 1.49. The number of rotatable bonds is 5. The molecular formula is C14H14FN3OS. The molecule has 0 unspecified atom stereocenters. The third-order valence-electron chi connectivity index (χ3n) is 2.51. The molecule has 6 heteroatoms. The van der Waals surface area contributed by atoms with Gasteiger partial charge < -0.3 is 11.1 Å². The Morgan fingerprint density at radius 1 is 1.40 bits per heavy atom. The second-order valence-electron chi connectivity index (χ2n) is 4.07. The lowest BCUT2D eigenvalue weighted by molar-refractivity contribution is -0.115. The lowest BCUT2D eigenvalue weighted by atomic mass is 10.3. The van der Waals surface area contributed by atoms with Gasteiger partial charge in [-0.1, -0.05) is 6.07 Å². The van der Waals surface area contributed by atoms with Gasteiger partial charge >= 0.3 is 0 Å². The summed E-state index contributed by atoms with van der Waals surface area (Å²) in [6, 6.07) is 7.63. The number of hydrogen-bond donors (Lipinski definition) is 2. The number of halogens is 1. The van der Waals surface area contributed by atoms with Crippen LogP contribution < -0.4 is 11.1 Å². The molecule has 1 heterocycles. The highest BCUT2D eigenvalue weighted by molar-refractivity contribution is 7.99. The predicted octanol–water partition coefficient (Wildman–Crippen LogP) is 2.92. The van der Waals surface area contributed by atoms with E-state index < -0.39 is 0 Å². The lowest BCUT2D eigenvalue weighted by Gasteiger charge is -2.06. The topological polar surface area (TPSA) is 68.0 Å². The van der Waals surface area contributed by atoms with Crippen molar-refractivity contribution in [2.75, 3.05) is 16.8 Å². The lowest BCUT2D eigenvalue weighted by Crippen LogP contribution is -2.12. The minimum atomic E-state index is -0.373. The quantitative estimate of drug-likeness (QED) is 0.831. The molecule has 2 aromatic rings. The Morgan fingerprint density at radius 2 is 2.25 bits per heavy atom. The smallest absolute Gasteiger partial charge is 0.225 e. The highest BCUT2D eigenvalue weighted by atomic mass is 32.2. The molecular weight excluding hydrogens is 277 g/mol. The number of anilines is 2. The fraction of sp³-hybridized carbons (Fsp3) is 0.143. The van der Waals surface area contributed by atoms with Crippen LogP contribution in [0, 0.1) is 5.82 Å². The molecule has 0 aliphatic heterocycles. The third kappa shape index (κ3) is 4.24. The molecule has 20 heavy (non-hydrogen) atoms. The van der Waals surface area contributed by atoms with Gasteiger partial charge in [0.15, 0.2) is 0 Å². The number of nitrogens with one attached hydrogen (secondary N) is 1. The van der Waals surface area contributed by atoms with Crippen LogP contribution in [0.15, 0.2) is 47.6 Å². The van der Waals surface area contributed by atoms with Gasteiger partial charge in [0.1, 0.15) is 5.82 Å². The largest absolute Gasteiger partial charge is 0.397 e. The van der Waals surface area contributed by atoms with Gasteiger partial charge in [-0.05, 0) is 24.3 Å². The average Bonchev–Trinajstić information content (AvgIpc) is 2.41. The molecule has 1 aromatic heterocycles. The Kier molecular flexibility index (Phi) is 4.95. The van der Waals surface area contributed by atoms with Crippen LogP contribution in [0.2, 0.25) is 0 Å². The predicted molar refractivity (Wildman–Crippen MR) is 79.0 cm³/mol. The molecule has 1 aromatic carbocycles. The fourth-order valence-corrected chi connectivity index (χ4v) is 2.45. The first kappa shape index (κ1) is 14.3. The van der Waals surface area contributed by atoms with Crippen molar-refractivity contribution in [3.8, 4) is 0 Å². The zero-order valence-corrected chi connectivity index (χ0v) is 11.5. The van der Waals surface area contributed by atoms with Crippen molar-refractivity contribution >= 4 is 29.0 Å². The van der Waals surface area contributed by atoms with E-state index in [9.17, 15) is 9.18 Å². The number of nitrogen functional groups attached to an aromatic ring is 1. The molecule has 2 rings (SSSR count). The van der Waals surface area contributed by atoms with Crippen molar-refractivity contribution in [2.45, 2.75) is 11.3 Å². The summed E-state index contributed by atoms with van der Waals surface area (Å²) in [5, 5.41) is 2.65. The van der Waals surface area contributed by atoms with Crippen LogP contribution in [0.1, 0.15) is 6.42 Å². The van der Waals surface area contributed by atoms with E-state index in [0.29, 0.717) is 23.5 Å². The second kappa shape index (κ2) is 6.91. The number of carbonyl (C=O) groups is 1. The third-order valence-corrected chi connectivity index (χ3v) is 3.60. The molecule has 1 amide bonds. The van der Waals surface area contributed by atoms with Gasteiger partial charge in [0, 0.05) is 29.0 Å². The van der Waals surface area contributed by atoms with Crippen molar-refractivity contribution in [3.63, 3.8) is 0 Å². The average molecular weight is 291 g/mol. The molecule has 0 atom stereocenters. The molecule has 0 radical (unpaired) electrons. The Labute approximate surface area is 120 Å². The maximum absolute atomic E-state index is 13.0. The van der Waals surface area contributed by atoms with Crippen LogP contribution in [0.5, 0.6) is 0 Å². The Morgan fingerprint density at radius 3 is 3.00 bits per heavy atom. The normalized spacial score (nSPS) is 10.2. The van der Waals surface area contributed by atoms with Crippen molar-refractivity contribution in [2.24, 2.45) is 0 Å². The van der Waals surface area contributed by atoms with Crippen LogP contribution in [0.4, 0.5) is 15.8 Å². The summed E-state index contributed by atoms with van der Waals surface area (Å²) in [6.07, 6.45) is 3.56. The van der Waals surface area contributed by atoms with Crippen molar-refractivity contribution in [1.29, 1.82) is 0 Å². The summed E-state index contributed by atoms with van der Waals surface area (Å²) in [6.45, 7) is 0. The molecule has 3 N–H and O–H groups in total. The first-order valence-electron chi connectivity index (χ1n) is 6.03. The molecule has 0 saturated heterocycles. The van der Waals surface area contributed by atoms with Gasteiger partial charge in [-0.15, -0.1) is 11.8 Å². The molecule has 0 spiro atoms. The highest BCUT2D eigenvalue weighted by Crippen LogP contribution is 2.24. The number of benzene rings is 1. The summed E-state index contributed by atoms with van der Waals surface area (Å²) in [7, 11) is 0. The van der Waals surface area contributed by atoms with Crippen LogP contribution in [0.25, 0.3) is 0 Å². The molecule has 0 saturated carbocycles. The number of aromatic nitrogens is 1. The number of nitrogens with zero attached hydrogens (tertiary/aromatic N) is 1. The zero-order valence-electron chi connectivity index (χ0n) is 10.7. The summed E-state index contributed by atoms with van der Waals surface area (Å²) in [4.78, 5) is 16.5. The summed E-state index contributed by atoms with van der Waals surface area (Å²) in [5.74, 6) is 0.0625. The van der Waals surface area contributed by atoms with E-state index in [1.165, 1.54) is 23.9 Å². The second-order valence-corrected chi connectivity index (χ2v) is 5.21. The number of thioether (sulfide) groups is 1. The van der Waals surface area contributed by atoms with E-state index in [1.54, 1.807) is 24.5 Å². The number of amides is 1. The van der Waals surface area contributed by atoms with E-state index in [2.05, 4.69) is 10.3 Å².